The highest BCUT2D eigenvalue weighted by molar-refractivity contribution is 7.88. The fourth-order valence-corrected chi connectivity index (χ4v) is 6.43. The third-order valence-corrected chi connectivity index (χ3v) is 8.15. The van der Waals surface area contributed by atoms with Gasteiger partial charge in [0.1, 0.15) is 0 Å². The lowest BCUT2D eigenvalue weighted by atomic mass is 9.86. The summed E-state index contributed by atoms with van der Waals surface area (Å²) in [5.41, 5.74) is 0. The van der Waals surface area contributed by atoms with E-state index in [0.717, 1.165) is 45.4 Å². The van der Waals surface area contributed by atoms with Crippen LogP contribution in [-0.4, -0.2) is 80.0 Å². The Labute approximate surface area is 171 Å². The van der Waals surface area contributed by atoms with Crippen molar-refractivity contribution in [2.75, 3.05) is 45.5 Å². The van der Waals surface area contributed by atoms with Crippen LogP contribution >= 0.6 is 0 Å². The molecule has 28 heavy (non-hydrogen) atoms. The summed E-state index contributed by atoms with van der Waals surface area (Å²) >= 11 is 0. The Morgan fingerprint density at radius 3 is 2.36 bits per heavy atom. The topological polar surface area (TPSA) is 60.9 Å². The predicted octanol–water partition coefficient (Wildman–Crippen LogP) is 2.70. The molecule has 0 N–H and O–H groups in total. The summed E-state index contributed by atoms with van der Waals surface area (Å²) in [6.07, 6.45) is 13.3. The van der Waals surface area contributed by atoms with E-state index in [2.05, 4.69) is 4.90 Å². The van der Waals surface area contributed by atoms with Gasteiger partial charge >= 0.3 is 0 Å². The van der Waals surface area contributed by atoms with Crippen molar-refractivity contribution < 1.29 is 13.2 Å². The smallest absolute Gasteiger partial charge is 0.222 e. The van der Waals surface area contributed by atoms with Gasteiger partial charge in [-0.15, -0.1) is 0 Å². The van der Waals surface area contributed by atoms with Crippen molar-refractivity contribution in [1.29, 1.82) is 0 Å². The molecule has 3 aliphatic rings. The maximum absolute atomic E-state index is 12.8. The van der Waals surface area contributed by atoms with Gasteiger partial charge in [-0.2, -0.15) is 4.31 Å². The molecule has 162 valence electrons. The summed E-state index contributed by atoms with van der Waals surface area (Å²) in [5.74, 6) is 0.773. The van der Waals surface area contributed by atoms with Crippen molar-refractivity contribution in [3.63, 3.8) is 0 Å². The largest absolute Gasteiger partial charge is 0.341 e. The lowest BCUT2D eigenvalue weighted by Crippen LogP contribution is -2.52. The Balaban J connectivity index is 1.53. The van der Waals surface area contributed by atoms with Gasteiger partial charge in [0.2, 0.25) is 15.9 Å². The zero-order chi connectivity index (χ0) is 20.0. The summed E-state index contributed by atoms with van der Waals surface area (Å²) in [4.78, 5) is 17.2. The van der Waals surface area contributed by atoms with E-state index in [1.165, 1.54) is 51.2 Å². The molecule has 0 bridgehead atoms. The summed E-state index contributed by atoms with van der Waals surface area (Å²) in [6.45, 7) is 5.20. The number of hydrogen-bond donors (Lipinski definition) is 0. The van der Waals surface area contributed by atoms with Crippen LogP contribution in [0.2, 0.25) is 0 Å². The number of carbonyl (C=O) groups excluding carboxylic acids is 1. The van der Waals surface area contributed by atoms with Crippen molar-refractivity contribution in [3.8, 4) is 0 Å². The number of nitrogens with zero attached hydrogens (tertiary/aromatic N) is 3. The highest BCUT2D eigenvalue weighted by atomic mass is 32.2. The number of piperidine rings is 1. The Kier molecular flexibility index (Phi) is 8.18. The molecule has 0 aromatic heterocycles. The molecule has 3 fully saturated rings. The number of amides is 1. The molecule has 1 unspecified atom stereocenters. The Hall–Kier alpha value is -0.660. The van der Waals surface area contributed by atoms with E-state index < -0.39 is 10.0 Å². The maximum atomic E-state index is 12.8. The summed E-state index contributed by atoms with van der Waals surface area (Å²) < 4.78 is 26.6. The quantitative estimate of drug-likeness (QED) is 0.614. The first kappa shape index (κ1) is 22.0. The van der Waals surface area contributed by atoms with Crippen LogP contribution < -0.4 is 0 Å². The molecule has 2 saturated heterocycles. The summed E-state index contributed by atoms with van der Waals surface area (Å²) in [6, 6.07) is -0.0577. The van der Waals surface area contributed by atoms with E-state index in [0.29, 0.717) is 25.4 Å². The van der Waals surface area contributed by atoms with Crippen LogP contribution in [0.4, 0.5) is 0 Å². The average Bonchev–Trinajstić information content (AvgIpc) is 3.18. The molecule has 0 radical (unpaired) electrons. The maximum Gasteiger partial charge on any atom is 0.222 e. The first-order valence-electron chi connectivity index (χ1n) is 11.4. The van der Waals surface area contributed by atoms with Crippen LogP contribution in [0, 0.1) is 5.92 Å². The zero-order valence-corrected chi connectivity index (χ0v) is 18.5. The minimum atomic E-state index is -3.26. The van der Waals surface area contributed by atoms with Crippen LogP contribution in [0.15, 0.2) is 0 Å². The second kappa shape index (κ2) is 10.4. The fourth-order valence-electron chi connectivity index (χ4n) is 5.26. The third kappa shape index (κ3) is 6.42. The monoisotopic (exact) mass is 413 g/mol. The zero-order valence-electron chi connectivity index (χ0n) is 17.7. The molecular weight excluding hydrogens is 374 g/mol. The van der Waals surface area contributed by atoms with Crippen molar-refractivity contribution in [2.24, 2.45) is 5.92 Å². The van der Waals surface area contributed by atoms with Crippen molar-refractivity contribution in [2.45, 2.75) is 76.7 Å². The van der Waals surface area contributed by atoms with Gasteiger partial charge in [0.05, 0.1) is 6.26 Å². The van der Waals surface area contributed by atoms with Gasteiger partial charge in [0.15, 0.2) is 0 Å². The Bertz CT molecular complexity index is 598. The van der Waals surface area contributed by atoms with E-state index >= 15 is 0 Å². The Morgan fingerprint density at radius 2 is 1.68 bits per heavy atom. The molecule has 2 heterocycles. The second-order valence-electron chi connectivity index (χ2n) is 9.12. The van der Waals surface area contributed by atoms with Gasteiger partial charge in [-0.25, -0.2) is 8.42 Å². The molecule has 6 nitrogen and oxygen atoms in total. The van der Waals surface area contributed by atoms with E-state index in [1.807, 2.05) is 4.90 Å². The first-order chi connectivity index (χ1) is 13.4. The van der Waals surface area contributed by atoms with Crippen LogP contribution in [0.25, 0.3) is 0 Å². The molecule has 7 heteroatoms. The van der Waals surface area contributed by atoms with Gasteiger partial charge in [-0.05, 0) is 70.5 Å². The lowest BCUT2D eigenvalue weighted by molar-refractivity contribution is -0.134. The average molecular weight is 414 g/mol. The fraction of sp³-hybridized carbons (Fsp3) is 0.952. The van der Waals surface area contributed by atoms with E-state index in [9.17, 15) is 13.2 Å². The Morgan fingerprint density at radius 1 is 0.964 bits per heavy atom. The van der Waals surface area contributed by atoms with Crippen molar-refractivity contribution >= 4 is 15.9 Å². The minimum Gasteiger partial charge on any atom is -0.341 e. The molecule has 1 amide bonds. The van der Waals surface area contributed by atoms with Gasteiger partial charge < -0.3 is 9.80 Å². The number of carbonyl (C=O) groups is 1. The summed E-state index contributed by atoms with van der Waals surface area (Å²) in [5, 5.41) is 0. The second-order valence-corrected chi connectivity index (χ2v) is 11.1. The molecule has 0 aromatic carbocycles. The predicted molar refractivity (Wildman–Crippen MR) is 113 cm³/mol. The lowest BCUT2D eigenvalue weighted by Gasteiger charge is -2.39. The molecular formula is C21H39N3O3S. The van der Waals surface area contributed by atoms with Crippen LogP contribution in [-0.2, 0) is 14.8 Å². The molecule has 1 aliphatic carbocycles. The number of sulfonamides is 1. The van der Waals surface area contributed by atoms with E-state index in [1.54, 1.807) is 4.31 Å². The van der Waals surface area contributed by atoms with Crippen molar-refractivity contribution in [3.05, 3.63) is 0 Å². The molecule has 3 rings (SSSR count). The molecule has 2 aliphatic heterocycles. The molecule has 1 atom stereocenters. The normalized spacial score (nSPS) is 25.5. The van der Waals surface area contributed by atoms with E-state index in [-0.39, 0.29) is 11.9 Å². The van der Waals surface area contributed by atoms with Crippen LogP contribution in [0.5, 0.6) is 0 Å². The van der Waals surface area contributed by atoms with Gasteiger partial charge in [-0.1, -0.05) is 19.3 Å². The standard InChI is InChI=1S/C21H39N3O3S/c1-28(26,27)24(16-8-14-22-12-5-6-13-22)20-11-7-15-23(18-20)21(25)17-19-9-3-2-4-10-19/h19-20H,2-18H2,1H3. The summed E-state index contributed by atoms with van der Waals surface area (Å²) in [7, 11) is -3.26. The molecule has 0 spiro atoms. The highest BCUT2D eigenvalue weighted by Gasteiger charge is 2.33. The molecule has 0 aromatic rings. The minimum absolute atomic E-state index is 0.0577. The van der Waals surface area contributed by atoms with Gasteiger partial charge in [0.25, 0.3) is 0 Å². The third-order valence-electron chi connectivity index (χ3n) is 6.82. The number of hydrogen-bond acceptors (Lipinski definition) is 4. The van der Waals surface area contributed by atoms with Gasteiger partial charge in [0, 0.05) is 32.1 Å². The number of rotatable bonds is 8. The SMILES string of the molecule is CS(=O)(=O)N(CCCN1CCCC1)C1CCCN(C(=O)CC2CCCCC2)C1. The first-order valence-corrected chi connectivity index (χ1v) is 13.3. The van der Waals surface area contributed by atoms with Crippen LogP contribution in [0.1, 0.15) is 70.6 Å². The highest BCUT2D eigenvalue weighted by Crippen LogP contribution is 2.28. The van der Waals surface area contributed by atoms with Gasteiger partial charge in [-0.3, -0.25) is 4.79 Å². The van der Waals surface area contributed by atoms with Crippen LogP contribution in [0.3, 0.4) is 0 Å². The van der Waals surface area contributed by atoms with E-state index in [4.69, 9.17) is 0 Å². The van der Waals surface area contributed by atoms with Crippen molar-refractivity contribution in [1.82, 2.24) is 14.1 Å². The number of likely N-dealkylation sites (tertiary alicyclic amines) is 2. The molecule has 1 saturated carbocycles.